The molecule has 2 rings (SSSR count). The van der Waals surface area contributed by atoms with Gasteiger partial charge in [0.1, 0.15) is 0 Å². The van der Waals surface area contributed by atoms with Gasteiger partial charge in [0.25, 0.3) is 7.82 Å². The second kappa shape index (κ2) is 9.58. The first-order chi connectivity index (χ1) is 9.16. The Morgan fingerprint density at radius 1 is 0.800 bits per heavy atom. The summed E-state index contributed by atoms with van der Waals surface area (Å²) in [6.07, 6.45) is 0. The summed E-state index contributed by atoms with van der Waals surface area (Å²) in [5, 5.41) is 0. The molecule has 0 bridgehead atoms. The molecule has 0 N–H and O–H groups in total. The van der Waals surface area contributed by atoms with Gasteiger partial charge in [0.2, 0.25) is 0 Å². The molecule has 100 valence electrons. The van der Waals surface area contributed by atoms with Gasteiger partial charge in [-0.25, -0.2) is 0 Å². The van der Waals surface area contributed by atoms with E-state index in [0.717, 1.165) is 11.1 Å². The van der Waals surface area contributed by atoms with E-state index in [0.29, 0.717) is 0 Å². The van der Waals surface area contributed by atoms with Crippen LogP contribution in [0.3, 0.4) is 0 Å². The van der Waals surface area contributed by atoms with Crippen LogP contribution in [0.4, 0.5) is 0 Å². The van der Waals surface area contributed by atoms with Gasteiger partial charge in [0.05, 0.1) is 13.2 Å². The van der Waals surface area contributed by atoms with E-state index in [4.69, 9.17) is 9.05 Å². The molecule has 2 aromatic carbocycles. The van der Waals surface area contributed by atoms with Crippen molar-refractivity contribution in [3.8, 4) is 0 Å². The Balaban J connectivity index is 0.00000200. The Morgan fingerprint density at radius 3 is 1.50 bits per heavy atom. The SMILES string of the molecule is O=P([O-])(OCc1ccccc1)OCc1ccccc1.[Cs+]. The summed E-state index contributed by atoms with van der Waals surface area (Å²) >= 11 is 0. The van der Waals surface area contributed by atoms with E-state index >= 15 is 0 Å². The molecule has 0 aliphatic carbocycles. The molecule has 4 nitrogen and oxygen atoms in total. The molecule has 0 aliphatic rings. The van der Waals surface area contributed by atoms with Gasteiger partial charge in [-0.15, -0.1) is 0 Å². The molecular weight excluding hydrogens is 396 g/mol. The number of rotatable bonds is 6. The van der Waals surface area contributed by atoms with Gasteiger partial charge in [-0.1, -0.05) is 60.7 Å². The van der Waals surface area contributed by atoms with Gasteiger partial charge in [0.15, 0.2) is 0 Å². The average molecular weight is 410 g/mol. The van der Waals surface area contributed by atoms with Crippen molar-refractivity contribution in [2.45, 2.75) is 13.2 Å². The largest absolute Gasteiger partial charge is 1.00 e. The standard InChI is InChI=1S/C14H15O4P.Cs/c15-19(16,17-11-13-7-3-1-4-8-13)18-12-14-9-5-2-6-10-14;/h1-10H,11-12H2,(H,15,16);/q;+1/p-1. The minimum absolute atomic E-state index is 0. The van der Waals surface area contributed by atoms with Crippen LogP contribution in [0.1, 0.15) is 11.1 Å². The second-order valence-corrected chi connectivity index (χ2v) is 5.38. The zero-order valence-electron chi connectivity index (χ0n) is 11.3. The second-order valence-electron chi connectivity index (χ2n) is 3.97. The Kier molecular flexibility index (Phi) is 8.94. The zero-order chi connectivity index (χ0) is 13.6. The van der Waals surface area contributed by atoms with Crippen LogP contribution in [-0.2, 0) is 26.8 Å². The molecule has 2 aromatic rings. The van der Waals surface area contributed by atoms with Gasteiger partial charge >= 0.3 is 68.9 Å². The van der Waals surface area contributed by atoms with Crippen molar-refractivity contribution in [3.05, 3.63) is 71.8 Å². The summed E-state index contributed by atoms with van der Waals surface area (Å²) in [7, 11) is -4.27. The minimum Gasteiger partial charge on any atom is -0.756 e. The summed E-state index contributed by atoms with van der Waals surface area (Å²) in [6, 6.07) is 18.1. The van der Waals surface area contributed by atoms with E-state index in [2.05, 4.69) is 0 Å². The Morgan fingerprint density at radius 2 is 1.15 bits per heavy atom. The summed E-state index contributed by atoms with van der Waals surface area (Å²) in [6.45, 7) is -0.0349. The van der Waals surface area contributed by atoms with E-state index < -0.39 is 7.82 Å². The zero-order valence-corrected chi connectivity index (χ0v) is 18.4. The van der Waals surface area contributed by atoms with Crippen molar-refractivity contribution in [1.82, 2.24) is 0 Å². The maximum atomic E-state index is 11.6. The molecular formula is C14H14CsO4P. The molecule has 0 saturated carbocycles. The van der Waals surface area contributed by atoms with Gasteiger partial charge < -0.3 is 13.9 Å². The number of hydrogen-bond acceptors (Lipinski definition) is 4. The molecule has 0 aliphatic heterocycles. The predicted octanol–water partition coefficient (Wildman–Crippen LogP) is -0.108. The van der Waals surface area contributed by atoms with E-state index in [9.17, 15) is 9.46 Å². The summed E-state index contributed by atoms with van der Waals surface area (Å²) in [4.78, 5) is 11.6. The molecule has 0 amide bonds. The molecule has 0 heterocycles. The molecule has 0 atom stereocenters. The summed E-state index contributed by atoms with van der Waals surface area (Å²) in [5.74, 6) is 0. The summed E-state index contributed by atoms with van der Waals surface area (Å²) < 4.78 is 21.2. The molecule has 0 aromatic heterocycles. The third-order valence-electron chi connectivity index (χ3n) is 2.46. The fourth-order valence-corrected chi connectivity index (χ4v) is 2.18. The number of benzene rings is 2. The van der Waals surface area contributed by atoms with Crippen molar-refractivity contribution in [2.75, 3.05) is 0 Å². The maximum Gasteiger partial charge on any atom is 1.00 e. The number of phosphoric ester groups is 1. The van der Waals surface area contributed by atoms with Crippen LogP contribution < -0.4 is 73.8 Å². The van der Waals surface area contributed by atoms with Crippen LogP contribution in [-0.4, -0.2) is 0 Å². The number of phosphoric acid groups is 1. The Labute approximate surface area is 177 Å². The Hall–Kier alpha value is 0.602. The average Bonchev–Trinajstić information content (AvgIpc) is 2.46. The topological polar surface area (TPSA) is 58.6 Å². The van der Waals surface area contributed by atoms with E-state index in [1.807, 2.05) is 36.4 Å². The van der Waals surface area contributed by atoms with Crippen molar-refractivity contribution < 1.29 is 87.4 Å². The van der Waals surface area contributed by atoms with Crippen LogP contribution in [0.25, 0.3) is 0 Å². The van der Waals surface area contributed by atoms with Crippen molar-refractivity contribution in [1.29, 1.82) is 0 Å². The normalized spacial score (nSPS) is 10.8. The molecule has 0 unspecified atom stereocenters. The number of hydrogen-bond donors (Lipinski definition) is 0. The van der Waals surface area contributed by atoms with Crippen LogP contribution in [0, 0.1) is 0 Å². The predicted molar refractivity (Wildman–Crippen MR) is 70.1 cm³/mol. The van der Waals surface area contributed by atoms with Gasteiger partial charge in [-0.05, 0) is 11.1 Å². The molecule has 0 spiro atoms. The first-order valence-corrected chi connectivity index (χ1v) is 7.30. The van der Waals surface area contributed by atoms with E-state index in [-0.39, 0.29) is 82.1 Å². The molecule has 0 radical (unpaired) electrons. The Bertz CT molecular complexity index is 500. The fourth-order valence-electron chi connectivity index (χ4n) is 1.49. The quantitative estimate of drug-likeness (QED) is 0.624. The first-order valence-electron chi connectivity index (χ1n) is 5.84. The third-order valence-corrected chi connectivity index (χ3v) is 3.35. The van der Waals surface area contributed by atoms with E-state index in [1.54, 1.807) is 24.3 Å². The van der Waals surface area contributed by atoms with Gasteiger partial charge in [-0.2, -0.15) is 0 Å². The third kappa shape index (κ3) is 7.05. The van der Waals surface area contributed by atoms with Crippen molar-refractivity contribution in [3.63, 3.8) is 0 Å². The van der Waals surface area contributed by atoms with E-state index in [1.165, 1.54) is 0 Å². The van der Waals surface area contributed by atoms with Crippen LogP contribution in [0.2, 0.25) is 0 Å². The molecule has 20 heavy (non-hydrogen) atoms. The van der Waals surface area contributed by atoms with Crippen LogP contribution >= 0.6 is 7.82 Å². The van der Waals surface area contributed by atoms with Crippen LogP contribution in [0.15, 0.2) is 60.7 Å². The van der Waals surface area contributed by atoms with Crippen molar-refractivity contribution >= 4 is 7.82 Å². The monoisotopic (exact) mass is 410 g/mol. The summed E-state index contributed by atoms with van der Waals surface area (Å²) in [5.41, 5.74) is 1.56. The van der Waals surface area contributed by atoms with Crippen molar-refractivity contribution in [2.24, 2.45) is 0 Å². The maximum absolute atomic E-state index is 11.6. The first kappa shape index (κ1) is 18.7. The van der Waals surface area contributed by atoms with Crippen LogP contribution in [0.5, 0.6) is 0 Å². The smallest absolute Gasteiger partial charge is 0.756 e. The van der Waals surface area contributed by atoms with Gasteiger partial charge in [-0.3, -0.25) is 4.57 Å². The fraction of sp³-hybridized carbons (Fsp3) is 0.143. The minimum atomic E-state index is -4.27. The molecule has 0 saturated heterocycles. The molecule has 6 heteroatoms. The van der Waals surface area contributed by atoms with Gasteiger partial charge in [0, 0.05) is 0 Å². The molecule has 0 fully saturated rings.